The van der Waals surface area contributed by atoms with Crippen molar-refractivity contribution in [3.05, 3.63) is 143 Å². The van der Waals surface area contributed by atoms with Crippen molar-refractivity contribution in [2.75, 3.05) is 22.9 Å². The summed E-state index contributed by atoms with van der Waals surface area (Å²) >= 11 is -1.88. The molecule has 3 saturated carbocycles. The van der Waals surface area contributed by atoms with E-state index in [-0.39, 0.29) is 7.92 Å². The predicted molar refractivity (Wildman–Crippen MR) is 293 cm³/mol. The van der Waals surface area contributed by atoms with Crippen molar-refractivity contribution in [3.8, 4) is 0 Å². The van der Waals surface area contributed by atoms with Gasteiger partial charge in [0.1, 0.15) is 0 Å². The molecule has 0 atom stereocenters. The molecule has 1 aliphatic heterocycles. The number of rotatable bonds is 10. The van der Waals surface area contributed by atoms with Gasteiger partial charge in [-0.25, -0.2) is 0 Å². The van der Waals surface area contributed by atoms with Crippen LogP contribution in [-0.2, 0) is 13.5 Å². The van der Waals surface area contributed by atoms with Gasteiger partial charge in [-0.15, -0.1) is 0 Å². The van der Waals surface area contributed by atoms with Crippen LogP contribution in [0.15, 0.2) is 97.1 Å². The summed E-state index contributed by atoms with van der Waals surface area (Å²) in [6.45, 7) is 22.9. The van der Waals surface area contributed by atoms with Crippen LogP contribution in [0.5, 0.6) is 0 Å². The molecule has 0 amide bonds. The number of allylic oxidation sites excluding steroid dienone is 1. The van der Waals surface area contributed by atoms with Crippen molar-refractivity contribution in [1.82, 2.24) is 0 Å². The molecule has 4 aromatic rings. The molecule has 6 heteroatoms. The third-order valence-electron chi connectivity index (χ3n) is 15.3. The van der Waals surface area contributed by atoms with Crippen molar-refractivity contribution in [1.29, 1.82) is 0 Å². The van der Waals surface area contributed by atoms with E-state index in [2.05, 4.69) is 145 Å². The predicted octanol–water partition coefficient (Wildman–Crippen LogP) is 18.4. The molecule has 1 heterocycles. The summed E-state index contributed by atoms with van der Waals surface area (Å²) in [5, 5.41) is 0. The molecule has 4 fully saturated rings. The normalized spacial score (nSPS) is 18.7. The van der Waals surface area contributed by atoms with E-state index in [4.69, 9.17) is 19.4 Å². The van der Waals surface area contributed by atoms with Crippen LogP contribution >= 0.6 is 27.3 Å². The summed E-state index contributed by atoms with van der Waals surface area (Å²) in [4.78, 5) is 5.01. The van der Waals surface area contributed by atoms with Crippen molar-refractivity contribution in [3.63, 3.8) is 0 Å². The number of fused-ring (bicyclic) bond motifs is 1. The van der Waals surface area contributed by atoms with Gasteiger partial charge in [0.15, 0.2) is 0 Å². The van der Waals surface area contributed by atoms with Crippen LogP contribution < -0.4 is 9.80 Å². The second-order valence-electron chi connectivity index (χ2n) is 21.2. The number of halogens is 2. The minimum atomic E-state index is -1.88. The molecule has 0 unspecified atom stereocenters. The van der Waals surface area contributed by atoms with Gasteiger partial charge in [-0.1, -0.05) is 111 Å². The number of para-hydroxylation sites is 2. The van der Waals surface area contributed by atoms with Crippen LogP contribution in [0.1, 0.15) is 214 Å². The number of hydrogen-bond donors (Lipinski definition) is 0. The Labute approximate surface area is 417 Å². The van der Waals surface area contributed by atoms with Gasteiger partial charge in [-0.3, -0.25) is 0 Å². The summed E-state index contributed by atoms with van der Waals surface area (Å²) in [5.74, 6) is 2.06. The number of nitrogens with zero attached hydrogens (tertiary/aromatic N) is 2. The van der Waals surface area contributed by atoms with Gasteiger partial charge in [0.25, 0.3) is 0 Å². The Kier molecular flexibility index (Phi) is 19.6. The first-order chi connectivity index (χ1) is 31.9. The SMILES string of the molecule is C1CCC([PH+](C2CCCCC2)C2CCCCC2)CC1.CC(C)c1cccc(C(C)C)c1N1[CH-]N(c2c(C(C)C)cccc2C(C)C)CC1.[Cl][Ru]([Cl])=[C]1C=C(c2ccccc2)c2ccccc21. The van der Waals surface area contributed by atoms with Crippen LogP contribution in [0.25, 0.3) is 5.57 Å². The van der Waals surface area contributed by atoms with Gasteiger partial charge in [-0.2, -0.15) is 6.67 Å². The number of hydrogen-bond acceptors (Lipinski definition) is 2. The topological polar surface area (TPSA) is 6.48 Å². The Morgan fingerprint density at radius 1 is 0.470 bits per heavy atom. The molecule has 0 N–H and O–H groups in total. The zero-order valence-electron chi connectivity index (χ0n) is 41.9. The molecule has 1 saturated heterocycles. The van der Waals surface area contributed by atoms with Crippen LogP contribution in [0.2, 0.25) is 0 Å². The number of benzene rings is 4. The second-order valence-corrected chi connectivity index (χ2v) is 30.4. The Morgan fingerprint density at radius 3 is 1.20 bits per heavy atom. The van der Waals surface area contributed by atoms with Crippen molar-refractivity contribution < 1.29 is 13.5 Å². The van der Waals surface area contributed by atoms with E-state index < -0.39 is 13.5 Å². The maximum atomic E-state index is 6.19. The Morgan fingerprint density at radius 2 is 0.833 bits per heavy atom. The fraction of sp³-hybridized carbons (Fsp3) is 0.533. The molecule has 0 radical (unpaired) electrons. The molecular weight excluding hydrogens is 952 g/mol. The first-order valence-electron chi connectivity index (χ1n) is 26.2. The van der Waals surface area contributed by atoms with Gasteiger partial charge in [-0.05, 0) is 123 Å². The molecule has 66 heavy (non-hydrogen) atoms. The third-order valence-corrected chi connectivity index (χ3v) is 23.0. The van der Waals surface area contributed by atoms with Crippen LogP contribution in [-0.4, -0.2) is 34.2 Å². The fourth-order valence-corrected chi connectivity index (χ4v) is 19.7. The minimum absolute atomic E-state index is 0.0465. The van der Waals surface area contributed by atoms with E-state index in [9.17, 15) is 0 Å². The van der Waals surface area contributed by atoms with Crippen molar-refractivity contribution >= 4 is 48.4 Å². The molecule has 360 valence electrons. The maximum absolute atomic E-state index is 6.19. The average Bonchev–Trinajstić information content (AvgIpc) is 3.99. The molecule has 9 rings (SSSR count). The molecule has 4 aliphatic carbocycles. The summed E-state index contributed by atoms with van der Waals surface area (Å²) in [6.07, 6.45) is 25.9. The van der Waals surface area contributed by atoms with Crippen LogP contribution in [0, 0.1) is 6.67 Å². The molecular formula is C60H83Cl2N2PRu. The quantitative estimate of drug-likeness (QED) is 0.0887. The van der Waals surface area contributed by atoms with E-state index in [1.807, 2.05) is 24.3 Å². The fourth-order valence-electron chi connectivity index (χ4n) is 12.0. The number of anilines is 2. The summed E-state index contributed by atoms with van der Waals surface area (Å²) in [7, 11) is 12.3. The van der Waals surface area contributed by atoms with E-state index in [1.165, 1.54) is 72.9 Å². The van der Waals surface area contributed by atoms with Gasteiger partial charge in [0.2, 0.25) is 0 Å². The Balaban J connectivity index is 0.000000153. The summed E-state index contributed by atoms with van der Waals surface area (Å²) < 4.78 is 1.12. The molecule has 0 bridgehead atoms. The van der Waals surface area contributed by atoms with Crippen molar-refractivity contribution in [2.24, 2.45) is 0 Å². The van der Waals surface area contributed by atoms with Gasteiger partial charge in [0, 0.05) is 32.4 Å². The molecule has 0 spiro atoms. The zero-order valence-corrected chi connectivity index (χ0v) is 46.1. The summed E-state index contributed by atoms with van der Waals surface area (Å²) in [5.41, 5.74) is 17.2. The Bertz CT molecular complexity index is 2040. The molecule has 4 aromatic carbocycles. The Hall–Kier alpha value is -2.28. The van der Waals surface area contributed by atoms with E-state index in [0.717, 1.165) is 17.2 Å². The standard InChI is InChI=1S/C27H39N2.C18H33P.C15H10.2ClH.Ru/c1-18(2)22-11-9-12-23(19(3)4)26(22)28-15-16-29(17-28)27-24(20(5)6)13-10-14-25(27)21(7)8;1-4-10-16(11-5-1)19(17-12-6-2-7-13-17)18-14-8-3-9-15-18;1-2-6-12(7-3-1)15-11-10-13-8-4-5-9-14(13)15;;;/h9-14,17-21H,15-16H2,1-8H3;16-18H,1-15H2;1-9,11H;2*1H;/q-1;;;;;+2/p-1. The zero-order chi connectivity index (χ0) is 46.7. The van der Waals surface area contributed by atoms with Crippen LogP contribution in [0.4, 0.5) is 11.4 Å². The first-order valence-corrected chi connectivity index (χ1v) is 33.3. The van der Waals surface area contributed by atoms with E-state index in [0.29, 0.717) is 23.7 Å². The van der Waals surface area contributed by atoms with Gasteiger partial charge in [0.05, 0.1) is 17.0 Å². The second kappa shape index (κ2) is 25.0. The van der Waals surface area contributed by atoms with Gasteiger partial charge < -0.3 is 9.80 Å². The average molecular weight is 1040 g/mol. The molecule has 0 aromatic heterocycles. The van der Waals surface area contributed by atoms with E-state index in [1.54, 1.807) is 96.3 Å². The van der Waals surface area contributed by atoms with Crippen LogP contribution in [0.3, 0.4) is 0 Å². The third kappa shape index (κ3) is 12.7. The summed E-state index contributed by atoms with van der Waals surface area (Å²) in [6, 6.07) is 32.4. The van der Waals surface area contributed by atoms with Crippen molar-refractivity contribution in [2.45, 2.75) is 192 Å². The molecule has 2 nitrogen and oxygen atoms in total. The first kappa shape index (κ1) is 51.6. The van der Waals surface area contributed by atoms with E-state index >= 15 is 0 Å². The monoisotopic (exact) mass is 1030 g/mol. The molecule has 5 aliphatic rings. The van der Waals surface area contributed by atoms with Gasteiger partial charge >= 0.3 is 120 Å².